The lowest BCUT2D eigenvalue weighted by Gasteiger charge is -2.36. The fourth-order valence-electron chi connectivity index (χ4n) is 15.1. The second kappa shape index (κ2) is 30.8. The zero-order chi connectivity index (χ0) is 64.3. The van der Waals surface area contributed by atoms with Crippen molar-refractivity contribution < 1.29 is 55.2 Å². The number of benzene rings is 5. The summed E-state index contributed by atoms with van der Waals surface area (Å²) in [4.78, 5) is 33.6. The third kappa shape index (κ3) is 15.9. The van der Waals surface area contributed by atoms with Gasteiger partial charge in [0.1, 0.15) is 17.3 Å². The fraction of sp³-hybridized carbons (Fsp3) is 0.474. The van der Waals surface area contributed by atoms with E-state index in [-0.39, 0.29) is 97.4 Å². The maximum Gasteiger partial charge on any atom is 0.173 e. The number of ketones is 2. The Kier molecular flexibility index (Phi) is 22.5. The van der Waals surface area contributed by atoms with Gasteiger partial charge in [-0.15, -0.1) is 0 Å². The summed E-state index contributed by atoms with van der Waals surface area (Å²) in [7, 11) is 1.47. The van der Waals surface area contributed by atoms with E-state index in [0.717, 1.165) is 69.7 Å². The molecule has 1 saturated carbocycles. The molecule has 91 heavy (non-hydrogen) atoms. The largest absolute Gasteiger partial charge is 0.508 e. The Morgan fingerprint density at radius 3 is 2.36 bits per heavy atom. The third-order valence-electron chi connectivity index (χ3n) is 20.3. The van der Waals surface area contributed by atoms with Gasteiger partial charge in [0, 0.05) is 85.9 Å². The van der Waals surface area contributed by atoms with E-state index in [1.54, 1.807) is 24.3 Å². The number of rotatable bonds is 14. The average Bonchev–Trinajstić information content (AvgIpc) is 1.83. The number of Topliss-reactive ketones (excluding diaryl/α,β-unsaturated/α-hetero) is 2. The number of hydrogen-bond donors (Lipinski definition) is 12. The number of fused-ring (bicyclic) bond motifs is 9. The number of aryl methyl sites for hydroxylation is 3. The molecule has 2 aliphatic carbocycles. The molecule has 0 radical (unpaired) electrons. The van der Waals surface area contributed by atoms with Gasteiger partial charge in [0.25, 0.3) is 0 Å². The van der Waals surface area contributed by atoms with Crippen LogP contribution in [0.1, 0.15) is 147 Å². The standard InChI is InChI=1S/C76H94N4O11/c1-5-10-62-55-32-54(60(14-9-30-81)52-28-29-78-73(37-52)80-57-25-22-49-20-21-53(74(88)66(49)38-57)34-59(83)43-77-41-46(3)56-33-58(79-42-56)39-70(62)86)31-50-23-26-63(64-40-71(87)72(91-4)36-51(64)24-27-69(85)76(90)75(89)65(50)35-55)61-13-7-6-11-47(61)18-16-45(2)17-19-48-12-8-15-68(84)67(48)44-82/h6-8,11-13,15,20-22,25,28,33,36-38,40,42,45-46,50,54-55,59-60,62-63,65,70,76-84,86-88,90H,5,9-10,14,16-19,24,27,29-32,34-35,39,41,43-44H2,1-4H3/t45-,46+,50+,54-,55+,59-,60+,62-,63-,65+,70+,76-/m0/s1. The molecule has 4 aliphatic rings. The molecule has 3 heterocycles. The van der Waals surface area contributed by atoms with Crippen molar-refractivity contribution in [2.45, 2.75) is 154 Å². The second-order valence-electron chi connectivity index (χ2n) is 26.5. The van der Waals surface area contributed by atoms with Crippen LogP contribution in [0.2, 0.25) is 0 Å². The van der Waals surface area contributed by atoms with Crippen molar-refractivity contribution >= 4 is 28.0 Å². The smallest absolute Gasteiger partial charge is 0.173 e. The van der Waals surface area contributed by atoms with E-state index in [2.05, 4.69) is 83.9 Å². The molecule has 2 aliphatic heterocycles. The third-order valence-corrected chi connectivity index (χ3v) is 20.3. The highest BCUT2D eigenvalue weighted by Crippen LogP contribution is 2.48. The zero-order valence-electron chi connectivity index (χ0n) is 53.3. The molecule has 0 spiro atoms. The Morgan fingerprint density at radius 2 is 1.57 bits per heavy atom. The van der Waals surface area contributed by atoms with E-state index >= 15 is 4.79 Å². The number of aromatic hydroxyl groups is 3. The predicted octanol–water partition coefficient (Wildman–Crippen LogP) is 10.7. The molecule has 5 aromatic carbocycles. The summed E-state index contributed by atoms with van der Waals surface area (Å²) in [5.74, 6) is 4.63. The SMILES string of the molecule is CCC[C@H]1[C@@H]2C[C@H](C[C@H]3C#C[C@@H](c4ccccc4CC[C@H](C)CCc4cccc(O)c4CO)c4cc(O)c(OC)cc4CCC(=O)[C@H](O)C(=O)[C@@H]3C2)[C@H](CCCO)C2=CCNC(=C2)Nc2ccc3ccc(c(O)c3c2)C[C@H](O)CNC[C@@H](C)c2c[nH]c(c2)C[C@H]1O. The number of anilines is 1. The van der Waals surface area contributed by atoms with Gasteiger partial charge in [0.05, 0.1) is 31.8 Å². The number of phenolic OH excluding ortho intramolecular Hbond substituents is 2. The zero-order valence-corrected chi connectivity index (χ0v) is 53.3. The molecule has 0 saturated heterocycles. The Morgan fingerprint density at radius 1 is 0.780 bits per heavy atom. The molecule has 9 bridgehead atoms. The minimum Gasteiger partial charge on any atom is -0.508 e. The summed E-state index contributed by atoms with van der Waals surface area (Å²) in [6.45, 7) is 7.52. The van der Waals surface area contributed by atoms with Crippen LogP contribution in [0.15, 0.2) is 121 Å². The van der Waals surface area contributed by atoms with Crippen LogP contribution < -0.4 is 20.7 Å². The van der Waals surface area contributed by atoms with Gasteiger partial charge >= 0.3 is 0 Å². The molecule has 15 heteroatoms. The lowest BCUT2D eigenvalue weighted by atomic mass is 9.71. The summed E-state index contributed by atoms with van der Waals surface area (Å²) >= 11 is 0. The molecule has 6 aromatic rings. The van der Waals surface area contributed by atoms with E-state index in [1.807, 2.05) is 54.7 Å². The number of aromatic amines is 1. The van der Waals surface area contributed by atoms with Gasteiger partial charge in [0.15, 0.2) is 29.2 Å². The Hall–Kier alpha value is -7.42. The lowest BCUT2D eigenvalue weighted by Crippen LogP contribution is -2.40. The van der Waals surface area contributed by atoms with Gasteiger partial charge in [-0.25, -0.2) is 0 Å². The first-order chi connectivity index (χ1) is 44.0. The van der Waals surface area contributed by atoms with Gasteiger partial charge in [-0.3, -0.25) is 9.59 Å². The summed E-state index contributed by atoms with van der Waals surface area (Å²) in [6, 6.07) is 28.8. The Balaban J connectivity index is 1.09. The van der Waals surface area contributed by atoms with Crippen LogP contribution in [-0.4, -0.2) is 109 Å². The highest BCUT2D eigenvalue weighted by Gasteiger charge is 2.45. The number of aliphatic hydroxyl groups is 5. The first-order valence-corrected chi connectivity index (χ1v) is 33.2. The molecule has 1 aromatic heterocycles. The molecular formula is C76H94N4O11. The van der Waals surface area contributed by atoms with Crippen molar-refractivity contribution in [1.29, 1.82) is 0 Å². The highest BCUT2D eigenvalue weighted by molar-refractivity contribution is 6.06. The number of H-pyrrole nitrogens is 1. The van der Waals surface area contributed by atoms with Gasteiger partial charge in [0.2, 0.25) is 0 Å². The molecular weight excluding hydrogens is 1140 g/mol. The second-order valence-corrected chi connectivity index (χ2v) is 26.5. The first kappa shape index (κ1) is 66.5. The Labute approximate surface area is 536 Å². The van der Waals surface area contributed by atoms with Crippen LogP contribution in [0, 0.1) is 53.3 Å². The van der Waals surface area contributed by atoms with Crippen molar-refractivity contribution in [2.75, 3.05) is 38.7 Å². The molecule has 15 nitrogen and oxygen atoms in total. The van der Waals surface area contributed by atoms with Crippen LogP contribution in [0.4, 0.5) is 5.69 Å². The number of hydrogen-bond acceptors (Lipinski definition) is 14. The number of allylic oxidation sites excluding steroid dienone is 2. The van der Waals surface area contributed by atoms with Crippen LogP contribution >= 0.6 is 0 Å². The number of aliphatic hydroxyl groups excluding tert-OH is 5. The monoisotopic (exact) mass is 1240 g/mol. The van der Waals surface area contributed by atoms with Crippen LogP contribution in [-0.2, 0) is 48.3 Å². The minimum atomic E-state index is -1.92. The number of dihydropyridines is 1. The number of methoxy groups -OCH3 is 1. The first-order valence-electron chi connectivity index (χ1n) is 33.2. The van der Waals surface area contributed by atoms with Gasteiger partial charge in [-0.1, -0.05) is 99.7 Å². The number of carbonyl (C=O) groups is 2. The van der Waals surface area contributed by atoms with Gasteiger partial charge < -0.3 is 66.5 Å². The van der Waals surface area contributed by atoms with E-state index in [4.69, 9.17) is 4.74 Å². The van der Waals surface area contributed by atoms with E-state index < -0.39 is 47.6 Å². The summed E-state index contributed by atoms with van der Waals surface area (Å²) in [5.41, 5.74) is 9.17. The van der Waals surface area contributed by atoms with Crippen molar-refractivity contribution in [2.24, 2.45) is 41.4 Å². The van der Waals surface area contributed by atoms with Crippen molar-refractivity contribution in [3.8, 4) is 34.8 Å². The quantitative estimate of drug-likeness (QED) is 0.0358. The number of β-amino-alcohol motifs (C(OH)–C–C–N with tert-alkyl or cyclic N) is 1. The number of carbonyl (C=O) groups excluding carboxylic acids is 2. The number of nitrogens with one attached hydrogen (secondary N) is 4. The average molecular weight is 1240 g/mol. The maximum atomic E-state index is 15.5. The normalized spacial score (nSPS) is 25.5. The topological polar surface area (TPSA) is 257 Å². The van der Waals surface area contributed by atoms with Crippen molar-refractivity contribution in [3.05, 3.63) is 171 Å². The molecule has 484 valence electrons. The van der Waals surface area contributed by atoms with Gasteiger partial charge in [-0.2, -0.15) is 0 Å². The summed E-state index contributed by atoms with van der Waals surface area (Å²) < 4.78 is 5.66. The number of aromatic nitrogens is 1. The van der Waals surface area contributed by atoms with Crippen LogP contribution in [0.5, 0.6) is 23.0 Å². The van der Waals surface area contributed by atoms with Crippen molar-refractivity contribution in [3.63, 3.8) is 0 Å². The lowest BCUT2D eigenvalue weighted by molar-refractivity contribution is -0.142. The molecule has 1 fully saturated rings. The molecule has 0 unspecified atom stereocenters. The fourth-order valence-corrected chi connectivity index (χ4v) is 15.1. The molecule has 12 N–H and O–H groups in total. The van der Waals surface area contributed by atoms with Crippen LogP contribution in [0.3, 0.4) is 0 Å². The number of phenols is 3. The van der Waals surface area contributed by atoms with E-state index in [0.29, 0.717) is 98.6 Å². The van der Waals surface area contributed by atoms with Crippen molar-refractivity contribution in [1.82, 2.24) is 15.6 Å². The summed E-state index contributed by atoms with van der Waals surface area (Å²) in [6.07, 6.45) is 10.1. The number of ether oxygens (including phenoxy) is 1. The summed E-state index contributed by atoms with van der Waals surface area (Å²) in [5, 5.41) is 103. The van der Waals surface area contributed by atoms with Gasteiger partial charge in [-0.05, 0) is 199 Å². The minimum absolute atomic E-state index is 0.0473. The van der Waals surface area contributed by atoms with E-state index in [1.165, 1.54) is 7.11 Å². The molecule has 10 rings (SSSR count). The maximum absolute atomic E-state index is 15.5. The van der Waals surface area contributed by atoms with E-state index in [9.17, 15) is 45.6 Å². The molecule has 12 atom stereocenters. The predicted molar refractivity (Wildman–Crippen MR) is 356 cm³/mol. The highest BCUT2D eigenvalue weighted by atomic mass is 16.5. The van der Waals surface area contributed by atoms with Crippen LogP contribution in [0.25, 0.3) is 10.8 Å². The molecule has 0 amide bonds. The Bertz CT molecular complexity index is 3640.